The Morgan fingerprint density at radius 2 is 2.00 bits per heavy atom. The second-order valence-corrected chi connectivity index (χ2v) is 8.11. The number of nitrogens with zero attached hydrogens (tertiary/aromatic N) is 3. The molecule has 1 heterocycles. The number of nitrogens with one attached hydrogen (secondary N) is 1. The molecule has 2 aromatic rings. The van der Waals surface area contributed by atoms with Crippen molar-refractivity contribution in [2.45, 2.75) is 44.4 Å². The van der Waals surface area contributed by atoms with Crippen LogP contribution in [-0.2, 0) is 5.41 Å². The molecule has 6 heteroatoms. The molecule has 1 saturated carbocycles. The standard InChI is InChI=1S/C21H22F2N4/c1-20(2)14-7-8-21(20,12-25-10-4-9-24)19-13(14)11-17(26-27-19)18-15(22)5-3-6-16(18)23/h3,5-6,11,14,25H,4,7-8,10,12H2,1-2H3/t14-,21-/m0/s1. The summed E-state index contributed by atoms with van der Waals surface area (Å²) in [6.07, 6.45) is 2.48. The molecule has 1 fully saturated rings. The molecule has 2 aliphatic carbocycles. The molecular weight excluding hydrogens is 346 g/mol. The van der Waals surface area contributed by atoms with Crippen LogP contribution >= 0.6 is 0 Å². The molecule has 2 atom stereocenters. The highest BCUT2D eigenvalue weighted by Crippen LogP contribution is 2.67. The largest absolute Gasteiger partial charge is 0.315 e. The second kappa shape index (κ2) is 6.35. The van der Waals surface area contributed by atoms with Gasteiger partial charge < -0.3 is 5.32 Å². The first kappa shape index (κ1) is 18.0. The average molecular weight is 368 g/mol. The molecule has 4 nitrogen and oxygen atoms in total. The smallest absolute Gasteiger partial charge is 0.135 e. The van der Waals surface area contributed by atoms with Gasteiger partial charge >= 0.3 is 0 Å². The molecule has 4 rings (SSSR count). The molecule has 2 aliphatic rings. The summed E-state index contributed by atoms with van der Waals surface area (Å²) in [5, 5.41) is 20.8. The Kier molecular flexibility index (Phi) is 4.23. The minimum atomic E-state index is -0.625. The first-order valence-corrected chi connectivity index (χ1v) is 9.32. The molecular formula is C21H22F2N4. The minimum Gasteiger partial charge on any atom is -0.315 e. The zero-order chi connectivity index (χ0) is 19.2. The summed E-state index contributed by atoms with van der Waals surface area (Å²) in [4.78, 5) is 0. The summed E-state index contributed by atoms with van der Waals surface area (Å²) in [6, 6.07) is 7.80. The van der Waals surface area contributed by atoms with Crippen molar-refractivity contribution in [1.29, 1.82) is 5.26 Å². The van der Waals surface area contributed by atoms with Crippen molar-refractivity contribution in [2.75, 3.05) is 13.1 Å². The van der Waals surface area contributed by atoms with Crippen molar-refractivity contribution >= 4 is 0 Å². The van der Waals surface area contributed by atoms with E-state index in [9.17, 15) is 8.78 Å². The zero-order valence-corrected chi connectivity index (χ0v) is 15.5. The topological polar surface area (TPSA) is 61.6 Å². The van der Waals surface area contributed by atoms with Crippen LogP contribution in [0.2, 0.25) is 0 Å². The third-order valence-corrected chi connectivity index (χ3v) is 6.68. The minimum absolute atomic E-state index is 0.0317. The Bertz CT molecular complexity index is 914. The van der Waals surface area contributed by atoms with E-state index in [-0.39, 0.29) is 28.0 Å². The van der Waals surface area contributed by atoms with Crippen molar-refractivity contribution in [3.05, 3.63) is 47.2 Å². The summed E-state index contributed by atoms with van der Waals surface area (Å²) in [5.41, 5.74) is 1.93. The van der Waals surface area contributed by atoms with Crippen LogP contribution in [0.25, 0.3) is 11.3 Å². The number of hydrogen-bond donors (Lipinski definition) is 1. The highest BCUT2D eigenvalue weighted by atomic mass is 19.1. The van der Waals surface area contributed by atoms with Crippen molar-refractivity contribution in [1.82, 2.24) is 15.5 Å². The molecule has 2 bridgehead atoms. The molecule has 0 amide bonds. The number of halogens is 2. The maximum atomic E-state index is 14.2. The van der Waals surface area contributed by atoms with E-state index in [0.29, 0.717) is 13.0 Å². The van der Waals surface area contributed by atoms with Gasteiger partial charge in [-0.3, -0.25) is 0 Å². The molecule has 0 unspecified atom stereocenters. The fourth-order valence-electron chi connectivity index (χ4n) is 5.13. The molecule has 1 aromatic heterocycles. The number of hydrogen-bond acceptors (Lipinski definition) is 4. The second-order valence-electron chi connectivity index (χ2n) is 8.11. The van der Waals surface area contributed by atoms with Gasteiger partial charge in [-0.2, -0.15) is 15.5 Å². The lowest BCUT2D eigenvalue weighted by molar-refractivity contribution is 0.199. The predicted octanol–water partition coefficient (Wildman–Crippen LogP) is 4.08. The molecule has 1 N–H and O–H groups in total. The maximum absolute atomic E-state index is 14.2. The van der Waals surface area contributed by atoms with Gasteiger partial charge in [0.05, 0.1) is 23.0 Å². The van der Waals surface area contributed by atoms with Crippen LogP contribution in [0.3, 0.4) is 0 Å². The fourth-order valence-corrected chi connectivity index (χ4v) is 5.13. The Hall–Kier alpha value is -2.39. The molecule has 1 aromatic carbocycles. The summed E-state index contributed by atoms with van der Waals surface area (Å²) >= 11 is 0. The van der Waals surface area contributed by atoms with Gasteiger partial charge in [-0.25, -0.2) is 8.78 Å². The van der Waals surface area contributed by atoms with Crippen LogP contribution in [0.15, 0.2) is 24.3 Å². The third kappa shape index (κ3) is 2.49. The molecule has 27 heavy (non-hydrogen) atoms. The predicted molar refractivity (Wildman–Crippen MR) is 97.9 cm³/mol. The number of nitriles is 1. The SMILES string of the molecule is CC1(C)[C@H]2CC[C@]1(CNCCC#N)c1nnc(-c3c(F)cccc3F)cc12. The lowest BCUT2D eigenvalue weighted by Crippen LogP contribution is -2.44. The summed E-state index contributed by atoms with van der Waals surface area (Å²) in [7, 11) is 0. The Morgan fingerprint density at radius 1 is 1.26 bits per heavy atom. The number of rotatable bonds is 5. The molecule has 0 aliphatic heterocycles. The third-order valence-electron chi connectivity index (χ3n) is 6.68. The van der Waals surface area contributed by atoms with E-state index in [0.717, 1.165) is 30.6 Å². The van der Waals surface area contributed by atoms with Gasteiger partial charge in [0.2, 0.25) is 0 Å². The van der Waals surface area contributed by atoms with Crippen LogP contribution < -0.4 is 5.32 Å². The van der Waals surface area contributed by atoms with Crippen LogP contribution in [0.5, 0.6) is 0 Å². The Morgan fingerprint density at radius 3 is 2.70 bits per heavy atom. The monoisotopic (exact) mass is 368 g/mol. The van der Waals surface area contributed by atoms with Gasteiger partial charge in [0.25, 0.3) is 0 Å². The van der Waals surface area contributed by atoms with E-state index in [4.69, 9.17) is 5.26 Å². The summed E-state index contributed by atoms with van der Waals surface area (Å²) in [5.74, 6) is -0.964. The number of benzene rings is 1. The van der Waals surface area contributed by atoms with Crippen molar-refractivity contribution in [3.63, 3.8) is 0 Å². The quantitative estimate of drug-likeness (QED) is 0.808. The average Bonchev–Trinajstić information content (AvgIpc) is 2.99. The van der Waals surface area contributed by atoms with Crippen LogP contribution in [0.1, 0.15) is 50.3 Å². The molecule has 140 valence electrons. The van der Waals surface area contributed by atoms with Gasteiger partial charge in [0, 0.05) is 24.9 Å². The highest BCUT2D eigenvalue weighted by Gasteiger charge is 2.63. The maximum Gasteiger partial charge on any atom is 0.135 e. The normalized spacial score (nSPS) is 24.6. The van der Waals surface area contributed by atoms with E-state index in [1.807, 2.05) is 6.07 Å². The van der Waals surface area contributed by atoms with E-state index in [1.165, 1.54) is 18.2 Å². The number of fused-ring (bicyclic) bond motifs is 5. The van der Waals surface area contributed by atoms with Crippen molar-refractivity contribution in [3.8, 4) is 17.3 Å². The summed E-state index contributed by atoms with van der Waals surface area (Å²) < 4.78 is 28.4. The molecule has 0 saturated heterocycles. The van der Waals surface area contributed by atoms with Gasteiger partial charge in [0.1, 0.15) is 11.6 Å². The van der Waals surface area contributed by atoms with Gasteiger partial charge in [-0.15, -0.1) is 0 Å². The first-order valence-electron chi connectivity index (χ1n) is 9.32. The Balaban J connectivity index is 1.76. The van der Waals surface area contributed by atoms with Gasteiger partial charge in [-0.1, -0.05) is 19.9 Å². The number of aromatic nitrogens is 2. The van der Waals surface area contributed by atoms with Crippen LogP contribution in [-0.4, -0.2) is 23.3 Å². The van der Waals surface area contributed by atoms with E-state index >= 15 is 0 Å². The first-order chi connectivity index (χ1) is 12.9. The van der Waals surface area contributed by atoms with E-state index in [1.54, 1.807) is 0 Å². The summed E-state index contributed by atoms with van der Waals surface area (Å²) in [6.45, 7) is 5.84. The van der Waals surface area contributed by atoms with E-state index < -0.39 is 11.6 Å². The van der Waals surface area contributed by atoms with Crippen molar-refractivity contribution in [2.24, 2.45) is 5.41 Å². The van der Waals surface area contributed by atoms with Gasteiger partial charge in [-0.05, 0) is 47.9 Å². The van der Waals surface area contributed by atoms with Crippen LogP contribution in [0, 0.1) is 28.4 Å². The fraction of sp³-hybridized carbons (Fsp3) is 0.476. The zero-order valence-electron chi connectivity index (χ0n) is 15.5. The lowest BCUT2D eigenvalue weighted by atomic mass is 9.68. The molecule has 0 spiro atoms. The van der Waals surface area contributed by atoms with E-state index in [2.05, 4.69) is 35.4 Å². The van der Waals surface area contributed by atoms with Gasteiger partial charge in [0.15, 0.2) is 0 Å². The van der Waals surface area contributed by atoms with Crippen LogP contribution in [0.4, 0.5) is 8.78 Å². The van der Waals surface area contributed by atoms with Crippen molar-refractivity contribution < 1.29 is 8.78 Å². The Labute approximate surface area is 157 Å². The molecule has 0 radical (unpaired) electrons. The highest BCUT2D eigenvalue weighted by molar-refractivity contribution is 5.63. The lowest BCUT2D eigenvalue weighted by Gasteiger charge is -2.38.